The van der Waals surface area contributed by atoms with Crippen molar-refractivity contribution >= 4 is 5.78 Å². The van der Waals surface area contributed by atoms with Gasteiger partial charge in [-0.15, -0.1) is 0 Å². The second kappa shape index (κ2) is 5.53. The van der Waals surface area contributed by atoms with Gasteiger partial charge in [-0.05, 0) is 62.4 Å². The van der Waals surface area contributed by atoms with Crippen molar-refractivity contribution in [3.63, 3.8) is 0 Å². The van der Waals surface area contributed by atoms with E-state index >= 15 is 0 Å². The molecule has 0 atom stereocenters. The van der Waals surface area contributed by atoms with Crippen LogP contribution in [0, 0.1) is 19.8 Å². The van der Waals surface area contributed by atoms with Gasteiger partial charge in [0.2, 0.25) is 0 Å². The molecule has 18 heavy (non-hydrogen) atoms. The molecule has 1 aromatic carbocycles. The SMILES string of the molecule is COc1cc(C)c(C(=O)CNCC2CC2)cc1C. The molecule has 98 valence electrons. The van der Waals surface area contributed by atoms with Crippen molar-refractivity contribution in [2.45, 2.75) is 26.7 Å². The van der Waals surface area contributed by atoms with E-state index in [9.17, 15) is 4.79 Å². The van der Waals surface area contributed by atoms with Crippen LogP contribution in [0.4, 0.5) is 0 Å². The molecule has 3 heteroatoms. The summed E-state index contributed by atoms with van der Waals surface area (Å²) in [5, 5.41) is 3.24. The van der Waals surface area contributed by atoms with Crippen LogP contribution in [0.15, 0.2) is 12.1 Å². The van der Waals surface area contributed by atoms with E-state index in [1.165, 1.54) is 12.8 Å². The highest BCUT2D eigenvalue weighted by Gasteiger charge is 2.21. The lowest BCUT2D eigenvalue weighted by atomic mass is 10.0. The van der Waals surface area contributed by atoms with E-state index in [2.05, 4.69) is 5.32 Å². The fraction of sp³-hybridized carbons (Fsp3) is 0.533. The molecule has 0 saturated heterocycles. The van der Waals surface area contributed by atoms with Crippen LogP contribution < -0.4 is 10.1 Å². The average molecular weight is 247 g/mol. The maximum atomic E-state index is 12.1. The number of aryl methyl sites for hydroxylation is 2. The highest BCUT2D eigenvalue weighted by atomic mass is 16.5. The summed E-state index contributed by atoms with van der Waals surface area (Å²) in [6.07, 6.45) is 2.61. The number of hydrogen-bond donors (Lipinski definition) is 1. The van der Waals surface area contributed by atoms with E-state index in [-0.39, 0.29) is 5.78 Å². The zero-order valence-corrected chi connectivity index (χ0v) is 11.4. The van der Waals surface area contributed by atoms with Crippen LogP contribution in [0.3, 0.4) is 0 Å². The summed E-state index contributed by atoms with van der Waals surface area (Å²) < 4.78 is 5.25. The first-order valence-electron chi connectivity index (χ1n) is 6.51. The minimum Gasteiger partial charge on any atom is -0.496 e. The summed E-state index contributed by atoms with van der Waals surface area (Å²) in [6.45, 7) is 5.33. The molecule has 0 heterocycles. The summed E-state index contributed by atoms with van der Waals surface area (Å²) >= 11 is 0. The minimum atomic E-state index is 0.166. The molecular formula is C15H21NO2. The Morgan fingerprint density at radius 2 is 2.06 bits per heavy atom. The summed E-state index contributed by atoms with van der Waals surface area (Å²) in [6, 6.07) is 3.86. The maximum absolute atomic E-state index is 12.1. The van der Waals surface area contributed by atoms with Crippen LogP contribution in [0.25, 0.3) is 0 Å². The van der Waals surface area contributed by atoms with Gasteiger partial charge in [0.25, 0.3) is 0 Å². The first kappa shape index (κ1) is 13.1. The number of methoxy groups -OCH3 is 1. The smallest absolute Gasteiger partial charge is 0.176 e. The van der Waals surface area contributed by atoms with Crippen LogP contribution in [0.1, 0.15) is 34.3 Å². The molecule has 0 unspecified atom stereocenters. The van der Waals surface area contributed by atoms with Gasteiger partial charge in [-0.1, -0.05) is 0 Å². The molecule has 1 aliphatic carbocycles. The molecule has 0 radical (unpaired) electrons. The Morgan fingerprint density at radius 1 is 1.33 bits per heavy atom. The van der Waals surface area contributed by atoms with Crippen molar-refractivity contribution < 1.29 is 9.53 Å². The van der Waals surface area contributed by atoms with Crippen LogP contribution in [-0.4, -0.2) is 26.0 Å². The molecule has 3 nitrogen and oxygen atoms in total. The van der Waals surface area contributed by atoms with Gasteiger partial charge < -0.3 is 10.1 Å². The lowest BCUT2D eigenvalue weighted by Gasteiger charge is -2.11. The summed E-state index contributed by atoms with van der Waals surface area (Å²) in [5.41, 5.74) is 2.79. The highest BCUT2D eigenvalue weighted by molar-refractivity contribution is 5.99. The van der Waals surface area contributed by atoms with Crippen molar-refractivity contribution in [1.82, 2.24) is 5.32 Å². The largest absolute Gasteiger partial charge is 0.496 e. The zero-order valence-electron chi connectivity index (χ0n) is 11.4. The maximum Gasteiger partial charge on any atom is 0.176 e. The van der Waals surface area contributed by atoms with Gasteiger partial charge in [0.05, 0.1) is 13.7 Å². The third-order valence-electron chi connectivity index (χ3n) is 3.46. The molecule has 2 rings (SSSR count). The van der Waals surface area contributed by atoms with Crippen molar-refractivity contribution in [2.24, 2.45) is 5.92 Å². The first-order valence-corrected chi connectivity index (χ1v) is 6.51. The Hall–Kier alpha value is -1.35. The Balaban J connectivity index is 2.01. The van der Waals surface area contributed by atoms with E-state index in [1.807, 2.05) is 26.0 Å². The molecule has 1 saturated carbocycles. The fourth-order valence-electron chi connectivity index (χ4n) is 2.12. The number of rotatable bonds is 6. The van der Waals surface area contributed by atoms with Crippen LogP contribution >= 0.6 is 0 Å². The van der Waals surface area contributed by atoms with E-state index in [4.69, 9.17) is 4.74 Å². The topological polar surface area (TPSA) is 38.3 Å². The van der Waals surface area contributed by atoms with Crippen LogP contribution in [0.5, 0.6) is 5.75 Å². The van der Waals surface area contributed by atoms with Crippen molar-refractivity contribution in [3.8, 4) is 5.75 Å². The second-order valence-electron chi connectivity index (χ2n) is 5.13. The van der Waals surface area contributed by atoms with Gasteiger partial charge in [0.15, 0.2) is 5.78 Å². The van der Waals surface area contributed by atoms with Gasteiger partial charge in [0, 0.05) is 5.56 Å². The van der Waals surface area contributed by atoms with Gasteiger partial charge in [0.1, 0.15) is 5.75 Å². The lowest BCUT2D eigenvalue weighted by Crippen LogP contribution is -2.25. The molecule has 0 amide bonds. The molecule has 1 aliphatic rings. The number of nitrogens with one attached hydrogen (secondary N) is 1. The third-order valence-corrected chi connectivity index (χ3v) is 3.46. The molecule has 0 spiro atoms. The minimum absolute atomic E-state index is 0.166. The number of hydrogen-bond acceptors (Lipinski definition) is 3. The number of carbonyl (C=O) groups is 1. The van der Waals surface area contributed by atoms with E-state index in [1.54, 1.807) is 7.11 Å². The summed E-state index contributed by atoms with van der Waals surface area (Å²) in [7, 11) is 1.65. The Bertz CT molecular complexity index is 450. The predicted molar refractivity (Wildman–Crippen MR) is 72.4 cm³/mol. The van der Waals surface area contributed by atoms with E-state index in [0.29, 0.717) is 6.54 Å². The quantitative estimate of drug-likeness (QED) is 0.785. The number of ether oxygens (including phenoxy) is 1. The monoisotopic (exact) mass is 247 g/mol. The molecule has 0 aromatic heterocycles. The van der Waals surface area contributed by atoms with Crippen molar-refractivity contribution in [3.05, 3.63) is 28.8 Å². The molecule has 1 aromatic rings. The van der Waals surface area contributed by atoms with Gasteiger partial charge in [-0.25, -0.2) is 0 Å². The standard InChI is InChI=1S/C15H21NO2/c1-10-7-15(18-3)11(2)6-13(10)14(17)9-16-8-12-4-5-12/h6-7,12,16H,4-5,8-9H2,1-3H3. The van der Waals surface area contributed by atoms with Gasteiger partial charge in [-0.3, -0.25) is 4.79 Å². The molecule has 1 fully saturated rings. The summed E-state index contributed by atoms with van der Waals surface area (Å²) in [5.74, 6) is 1.81. The first-order chi connectivity index (χ1) is 8.61. The number of carbonyl (C=O) groups excluding carboxylic acids is 1. The Labute approximate surface area is 109 Å². The predicted octanol–water partition coefficient (Wildman–Crippen LogP) is 2.49. The molecule has 0 bridgehead atoms. The van der Waals surface area contributed by atoms with Crippen molar-refractivity contribution in [2.75, 3.05) is 20.2 Å². The second-order valence-corrected chi connectivity index (χ2v) is 5.13. The van der Waals surface area contributed by atoms with Gasteiger partial charge in [-0.2, -0.15) is 0 Å². The van der Waals surface area contributed by atoms with E-state index < -0.39 is 0 Å². The molecule has 1 N–H and O–H groups in total. The van der Waals surface area contributed by atoms with Crippen molar-refractivity contribution in [1.29, 1.82) is 0 Å². The number of ketones is 1. The Morgan fingerprint density at radius 3 is 2.67 bits per heavy atom. The molecule has 0 aliphatic heterocycles. The van der Waals surface area contributed by atoms with Gasteiger partial charge >= 0.3 is 0 Å². The average Bonchev–Trinajstić information content (AvgIpc) is 3.15. The highest BCUT2D eigenvalue weighted by Crippen LogP contribution is 2.27. The normalized spacial score (nSPS) is 14.6. The summed E-state index contributed by atoms with van der Waals surface area (Å²) in [4.78, 5) is 12.1. The van der Waals surface area contributed by atoms with Crippen LogP contribution in [0.2, 0.25) is 0 Å². The van der Waals surface area contributed by atoms with Crippen LogP contribution in [-0.2, 0) is 0 Å². The third kappa shape index (κ3) is 3.10. The fourth-order valence-corrected chi connectivity index (χ4v) is 2.12. The van der Waals surface area contributed by atoms with E-state index in [0.717, 1.165) is 34.9 Å². The molecular weight excluding hydrogens is 226 g/mol. The lowest BCUT2D eigenvalue weighted by molar-refractivity contribution is 0.0990. The Kier molecular flexibility index (Phi) is 4.02. The zero-order chi connectivity index (χ0) is 13.1. The number of benzene rings is 1. The number of Topliss-reactive ketones (excluding diaryl/α,β-unsaturated/α-hetero) is 1.